The highest BCUT2D eigenvalue weighted by molar-refractivity contribution is 6.34. The standard InChI is InChI=1S/C50H62Cl2N10O13/c1-50(2)31-74-17-14-61(50)49(71)47-39-30-75-41-23-40(72-3)37(22-38(41)48(39)62(56-47)36-20-33(51)19-34(52)21-36)32-18-35(25-53-24-32)55-42(63)4-15-73-16-5-54-43(64)26-57-6-8-58(27-44(65)66)10-12-60(29-46(69)70)13-11-59(9-7-57)28-45(67)68/h18-25H,4-17,26-31H2,1-3H3,(H,54,64)(H,55,63)(H,65,66)(H,67,68)(H,69,70). The molecule has 0 radical (unpaired) electrons. The lowest BCUT2D eigenvalue weighted by Crippen LogP contribution is -2.55. The van der Waals surface area contributed by atoms with Crippen LogP contribution in [0.3, 0.4) is 0 Å². The van der Waals surface area contributed by atoms with Crippen LogP contribution in [0.4, 0.5) is 5.69 Å². The molecule has 3 aliphatic heterocycles. The Hall–Kier alpha value is -6.44. The number of pyridine rings is 1. The number of hydrogen-bond acceptors (Lipinski definition) is 16. The molecular formula is C50H62Cl2N10O13. The minimum absolute atomic E-state index is 0.0117. The van der Waals surface area contributed by atoms with Crippen molar-refractivity contribution in [2.24, 2.45) is 0 Å². The van der Waals surface area contributed by atoms with E-state index < -0.39 is 23.4 Å². The fourth-order valence-corrected chi connectivity index (χ4v) is 9.62. The number of aromatic nitrogens is 3. The quantitative estimate of drug-likeness (QED) is 0.0845. The number of methoxy groups -OCH3 is 1. The van der Waals surface area contributed by atoms with Gasteiger partial charge in [0.2, 0.25) is 11.8 Å². The molecule has 404 valence electrons. The number of carboxylic acid groups (broad SMARTS) is 3. The van der Waals surface area contributed by atoms with Crippen molar-refractivity contribution in [2.75, 3.05) is 130 Å². The topological polar surface area (TPSA) is 271 Å². The number of aliphatic carboxylic acids is 3. The molecule has 0 spiro atoms. The second-order valence-electron chi connectivity index (χ2n) is 18.9. The van der Waals surface area contributed by atoms with Crippen molar-refractivity contribution in [2.45, 2.75) is 32.4 Å². The average Bonchev–Trinajstić information content (AvgIpc) is 3.77. The average molecular weight is 1080 g/mol. The molecule has 5 heterocycles. The predicted octanol–water partition coefficient (Wildman–Crippen LogP) is 3.00. The van der Waals surface area contributed by atoms with E-state index in [1.165, 1.54) is 13.3 Å². The van der Waals surface area contributed by atoms with E-state index >= 15 is 0 Å². The number of halogens is 2. The first kappa shape index (κ1) is 56.3. The minimum atomic E-state index is -1.04. The van der Waals surface area contributed by atoms with Crippen LogP contribution < -0.4 is 20.1 Å². The van der Waals surface area contributed by atoms with E-state index in [2.05, 4.69) is 15.6 Å². The molecule has 25 heteroatoms. The van der Waals surface area contributed by atoms with Gasteiger partial charge in [-0.25, -0.2) is 4.68 Å². The Morgan fingerprint density at radius 1 is 0.733 bits per heavy atom. The molecule has 0 atom stereocenters. The van der Waals surface area contributed by atoms with Gasteiger partial charge in [0.15, 0.2) is 5.69 Å². The molecule has 0 saturated carbocycles. The maximum absolute atomic E-state index is 14.4. The van der Waals surface area contributed by atoms with E-state index in [1.54, 1.807) is 60.8 Å². The van der Waals surface area contributed by atoms with Gasteiger partial charge >= 0.3 is 17.9 Å². The van der Waals surface area contributed by atoms with E-state index in [0.29, 0.717) is 93.7 Å². The highest BCUT2D eigenvalue weighted by Gasteiger charge is 2.39. The molecule has 2 saturated heterocycles. The van der Waals surface area contributed by atoms with Crippen LogP contribution in [-0.2, 0) is 40.1 Å². The highest BCUT2D eigenvalue weighted by atomic mass is 35.5. The summed E-state index contributed by atoms with van der Waals surface area (Å²) in [6.45, 7) is 6.69. The van der Waals surface area contributed by atoms with Crippen LogP contribution in [0.2, 0.25) is 10.0 Å². The third kappa shape index (κ3) is 15.3. The van der Waals surface area contributed by atoms with Gasteiger partial charge in [-0.3, -0.25) is 53.4 Å². The molecule has 0 unspecified atom stereocenters. The Kier molecular flexibility index (Phi) is 19.4. The molecular weight excluding hydrogens is 1020 g/mol. The lowest BCUT2D eigenvalue weighted by atomic mass is 9.95. The van der Waals surface area contributed by atoms with Gasteiger partial charge in [0.25, 0.3) is 5.91 Å². The van der Waals surface area contributed by atoms with Gasteiger partial charge in [0.1, 0.15) is 18.1 Å². The summed E-state index contributed by atoms with van der Waals surface area (Å²) in [5.74, 6) is -3.14. The maximum atomic E-state index is 14.4. The van der Waals surface area contributed by atoms with Crippen molar-refractivity contribution in [1.29, 1.82) is 0 Å². The van der Waals surface area contributed by atoms with Crippen molar-refractivity contribution in [3.8, 4) is 39.6 Å². The SMILES string of the molecule is COc1cc2c(cc1-c1cncc(NC(=O)CCOCCNC(=O)CN3CCN(CC(=O)O)CCN(CC(=O)O)CCN(CC(=O)O)CC3)c1)-c1c(c(C(=O)N3CCOCC3(C)C)nn1-c1cc(Cl)cc(Cl)c1)CO2. The van der Waals surface area contributed by atoms with Gasteiger partial charge in [-0.1, -0.05) is 23.2 Å². The Labute approximate surface area is 443 Å². The summed E-state index contributed by atoms with van der Waals surface area (Å²) in [5, 5.41) is 39.7. The van der Waals surface area contributed by atoms with E-state index in [4.69, 9.17) is 47.2 Å². The van der Waals surface area contributed by atoms with Gasteiger partial charge in [0.05, 0.1) is 94.9 Å². The van der Waals surface area contributed by atoms with Gasteiger partial charge < -0.3 is 49.8 Å². The van der Waals surface area contributed by atoms with Crippen LogP contribution in [0.1, 0.15) is 36.3 Å². The predicted molar refractivity (Wildman–Crippen MR) is 275 cm³/mol. The van der Waals surface area contributed by atoms with Crippen LogP contribution in [-0.4, -0.2) is 221 Å². The number of benzene rings is 2. The number of fused-ring (bicyclic) bond motifs is 3. The van der Waals surface area contributed by atoms with Crippen molar-refractivity contribution < 1.29 is 63.0 Å². The molecule has 3 amide bonds. The van der Waals surface area contributed by atoms with E-state index in [1.807, 2.05) is 24.8 Å². The zero-order valence-corrected chi connectivity index (χ0v) is 43.5. The second-order valence-corrected chi connectivity index (χ2v) is 19.8. The second kappa shape index (κ2) is 25.9. The van der Waals surface area contributed by atoms with Gasteiger partial charge in [0, 0.05) is 110 Å². The number of rotatable bonds is 19. The normalized spacial score (nSPS) is 16.8. The zero-order chi connectivity index (χ0) is 53.8. The number of hydrogen-bond donors (Lipinski definition) is 5. The summed E-state index contributed by atoms with van der Waals surface area (Å²) < 4.78 is 25.2. The Morgan fingerprint density at radius 3 is 1.91 bits per heavy atom. The van der Waals surface area contributed by atoms with Crippen LogP contribution in [0.5, 0.6) is 11.5 Å². The molecule has 7 rings (SSSR count). The lowest BCUT2D eigenvalue weighted by molar-refractivity contribution is -0.140. The Balaban J connectivity index is 0.966. The number of carboxylic acids is 3. The van der Waals surface area contributed by atoms with Crippen molar-refractivity contribution in [3.63, 3.8) is 0 Å². The highest BCUT2D eigenvalue weighted by Crippen LogP contribution is 2.47. The van der Waals surface area contributed by atoms with Crippen LogP contribution in [0.15, 0.2) is 48.8 Å². The molecule has 2 aromatic carbocycles. The molecule has 0 aliphatic carbocycles. The summed E-state index contributed by atoms with van der Waals surface area (Å²) in [6.07, 6.45) is 3.13. The smallest absolute Gasteiger partial charge is 0.317 e. The zero-order valence-electron chi connectivity index (χ0n) is 42.0. The molecule has 5 N–H and O–H groups in total. The maximum Gasteiger partial charge on any atom is 0.317 e. The molecule has 3 aliphatic rings. The van der Waals surface area contributed by atoms with Gasteiger partial charge in [-0.15, -0.1) is 0 Å². The Morgan fingerprint density at radius 2 is 1.33 bits per heavy atom. The largest absolute Gasteiger partial charge is 0.496 e. The van der Waals surface area contributed by atoms with Gasteiger partial charge in [-0.2, -0.15) is 5.10 Å². The van der Waals surface area contributed by atoms with E-state index in [-0.39, 0.29) is 122 Å². The fraction of sp³-hybridized carbons (Fsp3) is 0.480. The van der Waals surface area contributed by atoms with Crippen molar-refractivity contribution >= 4 is 64.5 Å². The van der Waals surface area contributed by atoms with E-state index in [0.717, 1.165) is 0 Å². The van der Waals surface area contributed by atoms with Crippen LogP contribution in [0.25, 0.3) is 28.1 Å². The number of carbonyl (C=O) groups is 6. The Bertz CT molecular complexity index is 2690. The lowest BCUT2D eigenvalue weighted by Gasteiger charge is -2.41. The number of nitrogens with one attached hydrogen (secondary N) is 2. The first-order valence-corrected chi connectivity index (χ1v) is 25.1. The molecule has 75 heavy (non-hydrogen) atoms. The van der Waals surface area contributed by atoms with Crippen LogP contribution in [0, 0.1) is 0 Å². The number of nitrogens with zero attached hydrogens (tertiary/aromatic N) is 8. The van der Waals surface area contributed by atoms with Gasteiger partial charge in [-0.05, 0) is 44.2 Å². The van der Waals surface area contributed by atoms with Crippen molar-refractivity contribution in [1.82, 2.24) is 44.6 Å². The number of carbonyl (C=O) groups excluding carboxylic acids is 3. The third-order valence-corrected chi connectivity index (χ3v) is 13.3. The van der Waals surface area contributed by atoms with Crippen LogP contribution >= 0.6 is 23.2 Å². The number of morpholine rings is 1. The molecule has 4 aromatic rings. The fourth-order valence-electron chi connectivity index (χ4n) is 9.11. The van der Waals surface area contributed by atoms with Crippen molar-refractivity contribution in [3.05, 3.63) is 70.1 Å². The minimum Gasteiger partial charge on any atom is -0.496 e. The molecule has 2 aromatic heterocycles. The summed E-state index contributed by atoms with van der Waals surface area (Å²) in [4.78, 5) is 88.4. The summed E-state index contributed by atoms with van der Waals surface area (Å²) in [6, 6.07) is 10.4. The number of anilines is 1. The summed E-state index contributed by atoms with van der Waals surface area (Å²) >= 11 is 13.0. The summed E-state index contributed by atoms with van der Waals surface area (Å²) in [5.41, 5.74) is 3.54. The first-order valence-electron chi connectivity index (χ1n) is 24.3. The number of ether oxygens (including phenoxy) is 4. The summed E-state index contributed by atoms with van der Waals surface area (Å²) in [7, 11) is 1.53. The monoisotopic (exact) mass is 1080 g/mol. The first-order chi connectivity index (χ1) is 35.9. The third-order valence-electron chi connectivity index (χ3n) is 12.8. The number of amides is 3. The molecule has 23 nitrogen and oxygen atoms in total. The molecule has 2 fully saturated rings. The molecule has 0 bridgehead atoms. The van der Waals surface area contributed by atoms with E-state index in [9.17, 15) is 44.1 Å².